The van der Waals surface area contributed by atoms with Crippen molar-refractivity contribution in [1.82, 2.24) is 0 Å². The summed E-state index contributed by atoms with van der Waals surface area (Å²) in [5.41, 5.74) is 3.68. The van der Waals surface area contributed by atoms with Crippen LogP contribution in [-0.4, -0.2) is 33.7 Å². The molecule has 0 unspecified atom stereocenters. The van der Waals surface area contributed by atoms with E-state index in [4.69, 9.17) is 4.74 Å². The summed E-state index contributed by atoms with van der Waals surface area (Å²) in [5, 5.41) is 2.84. The molecule has 29 heavy (non-hydrogen) atoms. The van der Waals surface area contributed by atoms with E-state index in [1.54, 1.807) is 24.3 Å². The maximum atomic E-state index is 12.7. The van der Waals surface area contributed by atoms with Crippen LogP contribution in [0.4, 0.5) is 11.4 Å². The number of carbonyl (C=O) groups excluding carboxylic acids is 1. The van der Waals surface area contributed by atoms with Crippen LogP contribution in [0.1, 0.15) is 37.3 Å². The molecule has 0 radical (unpaired) electrons. The minimum atomic E-state index is -3.37. The molecule has 0 bridgehead atoms. The maximum absolute atomic E-state index is 12.7. The standard InChI is InChI=1S/C22H28N2O4S/c1-4-21(28-20-13-12-16-8-5-6-9-17(16)14-20)22(25)23-18-10-7-11-19(15-18)24(2)29(3,26)27/h7,10-15,21H,4-6,8-9H2,1-3H3,(H,23,25)/t21-/m0/s1. The van der Waals surface area contributed by atoms with Gasteiger partial charge in [0.2, 0.25) is 10.0 Å². The van der Waals surface area contributed by atoms with Gasteiger partial charge < -0.3 is 10.1 Å². The fourth-order valence-corrected chi connectivity index (χ4v) is 3.96. The van der Waals surface area contributed by atoms with Crippen molar-refractivity contribution in [3.05, 3.63) is 53.6 Å². The molecular weight excluding hydrogens is 388 g/mol. The topological polar surface area (TPSA) is 75.7 Å². The third-order valence-electron chi connectivity index (χ3n) is 5.24. The number of sulfonamides is 1. The molecule has 0 fully saturated rings. The Bertz CT molecular complexity index is 988. The zero-order valence-corrected chi connectivity index (χ0v) is 18.0. The van der Waals surface area contributed by atoms with Crippen LogP contribution in [0.5, 0.6) is 5.75 Å². The van der Waals surface area contributed by atoms with Gasteiger partial charge in [0.1, 0.15) is 5.75 Å². The molecule has 0 saturated carbocycles. The van der Waals surface area contributed by atoms with E-state index in [9.17, 15) is 13.2 Å². The fourth-order valence-electron chi connectivity index (χ4n) is 3.46. The summed E-state index contributed by atoms with van der Waals surface area (Å²) in [4.78, 5) is 12.7. The van der Waals surface area contributed by atoms with Crippen molar-refractivity contribution < 1.29 is 17.9 Å². The minimum Gasteiger partial charge on any atom is -0.481 e. The van der Waals surface area contributed by atoms with Gasteiger partial charge in [-0.2, -0.15) is 0 Å². The van der Waals surface area contributed by atoms with E-state index in [1.165, 1.54) is 35.3 Å². The van der Waals surface area contributed by atoms with E-state index in [-0.39, 0.29) is 5.91 Å². The number of amides is 1. The van der Waals surface area contributed by atoms with Crippen LogP contribution in [0.25, 0.3) is 0 Å². The number of carbonyl (C=O) groups is 1. The first-order valence-corrected chi connectivity index (χ1v) is 11.8. The van der Waals surface area contributed by atoms with E-state index in [0.29, 0.717) is 23.5 Å². The van der Waals surface area contributed by atoms with Crippen LogP contribution in [0, 0.1) is 0 Å². The number of anilines is 2. The summed E-state index contributed by atoms with van der Waals surface area (Å²) in [6.45, 7) is 1.90. The zero-order chi connectivity index (χ0) is 21.0. The summed E-state index contributed by atoms with van der Waals surface area (Å²) >= 11 is 0. The molecule has 1 aliphatic carbocycles. The van der Waals surface area contributed by atoms with Crippen molar-refractivity contribution >= 4 is 27.3 Å². The second-order valence-corrected chi connectivity index (χ2v) is 9.44. The van der Waals surface area contributed by atoms with Gasteiger partial charge in [0.25, 0.3) is 5.91 Å². The van der Waals surface area contributed by atoms with E-state index in [2.05, 4.69) is 11.4 Å². The smallest absolute Gasteiger partial charge is 0.265 e. The predicted molar refractivity (Wildman–Crippen MR) is 116 cm³/mol. The molecule has 0 aromatic heterocycles. The summed E-state index contributed by atoms with van der Waals surface area (Å²) in [7, 11) is -1.90. The highest BCUT2D eigenvalue weighted by Crippen LogP contribution is 2.26. The third kappa shape index (κ3) is 5.29. The summed E-state index contributed by atoms with van der Waals surface area (Å²) in [6.07, 6.45) is 5.59. The molecule has 1 amide bonds. The molecule has 1 atom stereocenters. The molecule has 7 heteroatoms. The van der Waals surface area contributed by atoms with Crippen molar-refractivity contribution in [3.63, 3.8) is 0 Å². The Hall–Kier alpha value is -2.54. The average Bonchev–Trinajstić information content (AvgIpc) is 2.70. The Morgan fingerprint density at radius 3 is 2.55 bits per heavy atom. The van der Waals surface area contributed by atoms with E-state index in [1.807, 2.05) is 19.1 Å². The van der Waals surface area contributed by atoms with Crippen molar-refractivity contribution in [2.24, 2.45) is 0 Å². The number of benzene rings is 2. The second-order valence-electron chi connectivity index (χ2n) is 7.42. The summed E-state index contributed by atoms with van der Waals surface area (Å²) < 4.78 is 30.6. The highest BCUT2D eigenvalue weighted by molar-refractivity contribution is 7.92. The van der Waals surface area contributed by atoms with Crippen molar-refractivity contribution in [2.45, 2.75) is 45.1 Å². The van der Waals surface area contributed by atoms with Crippen LogP contribution >= 0.6 is 0 Å². The highest BCUT2D eigenvalue weighted by Gasteiger charge is 2.20. The number of hydrogen-bond donors (Lipinski definition) is 1. The Labute approximate surface area is 172 Å². The monoisotopic (exact) mass is 416 g/mol. The molecular formula is C22H28N2O4S. The lowest BCUT2D eigenvalue weighted by Gasteiger charge is -2.21. The van der Waals surface area contributed by atoms with E-state index < -0.39 is 16.1 Å². The first-order chi connectivity index (χ1) is 13.8. The first kappa shape index (κ1) is 21.2. The molecule has 6 nitrogen and oxygen atoms in total. The van der Waals surface area contributed by atoms with Gasteiger partial charge in [0.05, 0.1) is 11.9 Å². The van der Waals surface area contributed by atoms with Crippen LogP contribution in [0.15, 0.2) is 42.5 Å². The molecule has 3 rings (SSSR count). The number of hydrogen-bond acceptors (Lipinski definition) is 4. The number of nitrogens with zero attached hydrogens (tertiary/aromatic N) is 1. The van der Waals surface area contributed by atoms with Gasteiger partial charge in [-0.15, -0.1) is 0 Å². The maximum Gasteiger partial charge on any atom is 0.265 e. The van der Waals surface area contributed by atoms with Crippen LogP contribution in [-0.2, 0) is 27.7 Å². The SMILES string of the molecule is CC[C@H](Oc1ccc2c(c1)CCCC2)C(=O)Nc1cccc(N(C)S(C)(=O)=O)c1. The van der Waals surface area contributed by atoms with Crippen molar-refractivity contribution in [3.8, 4) is 5.75 Å². The lowest BCUT2D eigenvalue weighted by atomic mass is 9.92. The molecule has 0 saturated heterocycles. The molecule has 0 heterocycles. The molecule has 0 spiro atoms. The molecule has 1 N–H and O–H groups in total. The number of nitrogens with one attached hydrogen (secondary N) is 1. The van der Waals surface area contributed by atoms with E-state index in [0.717, 1.165) is 19.1 Å². The third-order valence-corrected chi connectivity index (χ3v) is 6.44. The Kier molecular flexibility index (Phi) is 6.47. The Morgan fingerprint density at radius 1 is 1.14 bits per heavy atom. The van der Waals surface area contributed by atoms with Gasteiger partial charge in [-0.25, -0.2) is 8.42 Å². The van der Waals surface area contributed by atoms with Gasteiger partial charge >= 0.3 is 0 Å². The quantitative estimate of drug-likeness (QED) is 0.746. The van der Waals surface area contributed by atoms with Gasteiger partial charge in [-0.1, -0.05) is 19.1 Å². The Morgan fingerprint density at radius 2 is 1.86 bits per heavy atom. The van der Waals surface area contributed by atoms with Gasteiger partial charge in [0, 0.05) is 12.7 Å². The van der Waals surface area contributed by atoms with Crippen LogP contribution in [0.2, 0.25) is 0 Å². The average molecular weight is 417 g/mol. The van der Waals surface area contributed by atoms with Gasteiger partial charge in [0.15, 0.2) is 6.10 Å². The molecule has 156 valence electrons. The minimum absolute atomic E-state index is 0.260. The van der Waals surface area contributed by atoms with Crippen molar-refractivity contribution in [1.29, 1.82) is 0 Å². The Balaban J connectivity index is 1.70. The van der Waals surface area contributed by atoms with Crippen LogP contribution in [0.3, 0.4) is 0 Å². The van der Waals surface area contributed by atoms with Gasteiger partial charge in [-0.05, 0) is 73.6 Å². The summed E-state index contributed by atoms with van der Waals surface area (Å²) in [6, 6.07) is 12.8. The lowest BCUT2D eigenvalue weighted by molar-refractivity contribution is -0.122. The van der Waals surface area contributed by atoms with Crippen molar-refractivity contribution in [2.75, 3.05) is 22.9 Å². The largest absolute Gasteiger partial charge is 0.481 e. The highest BCUT2D eigenvalue weighted by atomic mass is 32.2. The molecule has 2 aromatic carbocycles. The number of rotatable bonds is 7. The molecule has 0 aliphatic heterocycles. The molecule has 2 aromatic rings. The zero-order valence-electron chi connectivity index (χ0n) is 17.1. The van der Waals surface area contributed by atoms with Crippen LogP contribution < -0.4 is 14.4 Å². The van der Waals surface area contributed by atoms with Gasteiger partial charge in [-0.3, -0.25) is 9.10 Å². The lowest BCUT2D eigenvalue weighted by Crippen LogP contribution is -2.32. The summed E-state index contributed by atoms with van der Waals surface area (Å²) in [5.74, 6) is 0.447. The number of fused-ring (bicyclic) bond motifs is 1. The number of ether oxygens (including phenoxy) is 1. The first-order valence-electron chi connectivity index (χ1n) is 9.91. The predicted octanol–water partition coefficient (Wildman–Crippen LogP) is 3.76. The fraction of sp³-hybridized carbons (Fsp3) is 0.409. The number of aryl methyl sites for hydroxylation is 2. The normalized spacial score (nSPS) is 14.6. The van der Waals surface area contributed by atoms with E-state index >= 15 is 0 Å². The second kappa shape index (κ2) is 8.86. The molecule has 1 aliphatic rings.